The van der Waals surface area contributed by atoms with Gasteiger partial charge in [0.25, 0.3) is 0 Å². The summed E-state index contributed by atoms with van der Waals surface area (Å²) >= 11 is 0. The van der Waals surface area contributed by atoms with Crippen LogP contribution in [-0.2, 0) is 4.79 Å². The predicted molar refractivity (Wildman–Crippen MR) is 83.2 cm³/mol. The molecule has 0 aliphatic heterocycles. The Morgan fingerprint density at radius 2 is 2.05 bits per heavy atom. The maximum atomic E-state index is 13.7. The molecule has 2 N–H and O–H groups in total. The van der Waals surface area contributed by atoms with Gasteiger partial charge in [0.2, 0.25) is 5.91 Å². The molecule has 0 aliphatic carbocycles. The molecule has 21 heavy (non-hydrogen) atoms. The van der Waals surface area contributed by atoms with E-state index in [1.54, 1.807) is 26.0 Å². The van der Waals surface area contributed by atoms with E-state index in [0.717, 1.165) is 12.8 Å². The lowest BCUT2D eigenvalue weighted by molar-refractivity contribution is -0.122. The lowest BCUT2D eigenvalue weighted by atomic mass is 10.2. The zero-order valence-electron chi connectivity index (χ0n) is 13.2. The van der Waals surface area contributed by atoms with Gasteiger partial charge in [-0.3, -0.25) is 4.79 Å². The van der Waals surface area contributed by atoms with Gasteiger partial charge in [0.15, 0.2) is 11.6 Å². The van der Waals surface area contributed by atoms with E-state index in [1.165, 1.54) is 6.07 Å². The molecule has 0 spiro atoms. The first kappa shape index (κ1) is 17.3. The van der Waals surface area contributed by atoms with Crippen LogP contribution in [0, 0.1) is 5.82 Å². The van der Waals surface area contributed by atoms with Gasteiger partial charge in [0.05, 0.1) is 6.61 Å². The van der Waals surface area contributed by atoms with Crippen LogP contribution in [0.2, 0.25) is 0 Å². The minimum atomic E-state index is -0.436. The first-order chi connectivity index (χ1) is 9.97. The lowest BCUT2D eigenvalue weighted by Crippen LogP contribution is -2.42. The fraction of sp³-hybridized carbons (Fsp3) is 0.562. The summed E-state index contributed by atoms with van der Waals surface area (Å²) in [5.41, 5.74) is 0.557. The van der Waals surface area contributed by atoms with Crippen molar-refractivity contribution in [3.8, 4) is 5.75 Å². The van der Waals surface area contributed by atoms with Gasteiger partial charge in [-0.15, -0.1) is 0 Å². The highest BCUT2D eigenvalue weighted by molar-refractivity contribution is 5.84. The van der Waals surface area contributed by atoms with E-state index in [1.807, 2.05) is 6.92 Å². The zero-order chi connectivity index (χ0) is 15.8. The van der Waals surface area contributed by atoms with Crippen LogP contribution in [0.5, 0.6) is 5.75 Å². The molecule has 0 fully saturated rings. The number of carbonyl (C=O) groups is 1. The Morgan fingerprint density at radius 3 is 2.62 bits per heavy atom. The van der Waals surface area contributed by atoms with Gasteiger partial charge in [-0.1, -0.05) is 13.3 Å². The topological polar surface area (TPSA) is 50.4 Å². The summed E-state index contributed by atoms with van der Waals surface area (Å²) in [6.07, 6.45) is 1.96. The average molecular weight is 296 g/mol. The molecule has 0 aliphatic rings. The van der Waals surface area contributed by atoms with Crippen molar-refractivity contribution in [1.82, 2.24) is 5.32 Å². The molecule has 5 heteroatoms. The van der Waals surface area contributed by atoms with Gasteiger partial charge in [0.1, 0.15) is 6.04 Å². The molecule has 2 atom stereocenters. The Labute approximate surface area is 126 Å². The van der Waals surface area contributed by atoms with E-state index in [-0.39, 0.29) is 17.7 Å². The summed E-state index contributed by atoms with van der Waals surface area (Å²) in [5.74, 6) is -0.309. The third-order valence-corrected chi connectivity index (χ3v) is 3.12. The average Bonchev–Trinajstić information content (AvgIpc) is 2.42. The van der Waals surface area contributed by atoms with Crippen molar-refractivity contribution in [3.05, 3.63) is 24.0 Å². The fourth-order valence-corrected chi connectivity index (χ4v) is 2.05. The summed E-state index contributed by atoms with van der Waals surface area (Å²) in [5, 5.41) is 5.92. The van der Waals surface area contributed by atoms with E-state index in [2.05, 4.69) is 17.6 Å². The highest BCUT2D eigenvalue weighted by atomic mass is 19.1. The molecular formula is C16H25FN2O2. The van der Waals surface area contributed by atoms with E-state index in [9.17, 15) is 9.18 Å². The molecule has 1 rings (SSSR count). The number of amides is 1. The Kier molecular flexibility index (Phi) is 6.99. The van der Waals surface area contributed by atoms with Gasteiger partial charge in [-0.25, -0.2) is 4.39 Å². The molecule has 2 unspecified atom stereocenters. The number of rotatable bonds is 8. The second-order valence-electron chi connectivity index (χ2n) is 5.14. The molecular weight excluding hydrogens is 271 g/mol. The second kappa shape index (κ2) is 8.49. The zero-order valence-corrected chi connectivity index (χ0v) is 13.2. The third-order valence-electron chi connectivity index (χ3n) is 3.12. The van der Waals surface area contributed by atoms with Gasteiger partial charge in [-0.2, -0.15) is 0 Å². The summed E-state index contributed by atoms with van der Waals surface area (Å²) in [6, 6.07) is 4.31. The molecule has 0 heterocycles. The Balaban J connectivity index is 2.59. The minimum absolute atomic E-state index is 0.0924. The summed E-state index contributed by atoms with van der Waals surface area (Å²) in [6.45, 7) is 8.02. The number of ether oxygens (including phenoxy) is 1. The number of benzene rings is 1. The summed E-state index contributed by atoms with van der Waals surface area (Å²) < 4.78 is 18.9. The summed E-state index contributed by atoms with van der Waals surface area (Å²) in [4.78, 5) is 12.0. The molecule has 0 bridgehead atoms. The molecule has 0 aromatic heterocycles. The predicted octanol–water partition coefficient (Wildman–Crippen LogP) is 3.33. The van der Waals surface area contributed by atoms with Crippen LogP contribution in [0.3, 0.4) is 0 Å². The second-order valence-corrected chi connectivity index (χ2v) is 5.14. The molecule has 1 aromatic rings. The Bertz CT molecular complexity index is 466. The standard InChI is InChI=1S/C16H25FN2O2/c1-5-7-11(3)18-16(20)12(4)19-13-8-9-15(21-6-2)14(17)10-13/h8-12,19H,5-7H2,1-4H3,(H,18,20). The molecule has 1 aromatic carbocycles. The Morgan fingerprint density at radius 1 is 1.33 bits per heavy atom. The number of nitrogens with one attached hydrogen (secondary N) is 2. The third kappa shape index (κ3) is 5.61. The van der Waals surface area contributed by atoms with Crippen molar-refractivity contribution < 1.29 is 13.9 Å². The van der Waals surface area contributed by atoms with Crippen LogP contribution in [0.15, 0.2) is 18.2 Å². The lowest BCUT2D eigenvalue weighted by Gasteiger charge is -2.19. The number of carbonyl (C=O) groups excluding carboxylic acids is 1. The van der Waals surface area contributed by atoms with Crippen LogP contribution < -0.4 is 15.4 Å². The van der Waals surface area contributed by atoms with Crippen molar-refractivity contribution in [1.29, 1.82) is 0 Å². The van der Waals surface area contributed by atoms with Crippen LogP contribution in [0.4, 0.5) is 10.1 Å². The smallest absolute Gasteiger partial charge is 0.242 e. The van der Waals surface area contributed by atoms with E-state index in [4.69, 9.17) is 4.74 Å². The van der Waals surface area contributed by atoms with E-state index in [0.29, 0.717) is 12.3 Å². The van der Waals surface area contributed by atoms with E-state index < -0.39 is 11.9 Å². The van der Waals surface area contributed by atoms with Crippen LogP contribution in [0.25, 0.3) is 0 Å². The first-order valence-electron chi connectivity index (χ1n) is 7.47. The van der Waals surface area contributed by atoms with E-state index >= 15 is 0 Å². The van der Waals surface area contributed by atoms with Gasteiger partial charge in [-0.05, 0) is 39.3 Å². The van der Waals surface area contributed by atoms with Gasteiger partial charge >= 0.3 is 0 Å². The van der Waals surface area contributed by atoms with Gasteiger partial charge < -0.3 is 15.4 Å². The molecule has 0 saturated carbocycles. The highest BCUT2D eigenvalue weighted by Crippen LogP contribution is 2.21. The highest BCUT2D eigenvalue weighted by Gasteiger charge is 2.15. The number of hydrogen-bond acceptors (Lipinski definition) is 3. The maximum Gasteiger partial charge on any atom is 0.242 e. The first-order valence-corrected chi connectivity index (χ1v) is 7.47. The summed E-state index contributed by atoms with van der Waals surface area (Å²) in [7, 11) is 0. The molecule has 118 valence electrons. The van der Waals surface area contributed by atoms with Crippen molar-refractivity contribution in [2.24, 2.45) is 0 Å². The van der Waals surface area contributed by atoms with Crippen LogP contribution in [0.1, 0.15) is 40.5 Å². The Hall–Kier alpha value is -1.78. The van der Waals surface area contributed by atoms with Crippen molar-refractivity contribution in [2.75, 3.05) is 11.9 Å². The molecule has 1 amide bonds. The number of hydrogen-bond donors (Lipinski definition) is 2. The maximum absolute atomic E-state index is 13.7. The monoisotopic (exact) mass is 296 g/mol. The number of halogens is 1. The number of anilines is 1. The fourth-order valence-electron chi connectivity index (χ4n) is 2.05. The minimum Gasteiger partial charge on any atom is -0.491 e. The van der Waals surface area contributed by atoms with Crippen LogP contribution in [-0.4, -0.2) is 24.6 Å². The van der Waals surface area contributed by atoms with Crippen molar-refractivity contribution in [3.63, 3.8) is 0 Å². The molecule has 0 saturated heterocycles. The molecule has 4 nitrogen and oxygen atoms in total. The van der Waals surface area contributed by atoms with Crippen molar-refractivity contribution in [2.45, 2.75) is 52.6 Å². The SMILES string of the molecule is CCCC(C)NC(=O)C(C)Nc1ccc(OCC)c(F)c1. The normalized spacial score (nSPS) is 13.4. The van der Waals surface area contributed by atoms with Crippen molar-refractivity contribution >= 4 is 11.6 Å². The quantitative estimate of drug-likeness (QED) is 0.773. The largest absolute Gasteiger partial charge is 0.491 e. The van der Waals surface area contributed by atoms with Gasteiger partial charge in [0, 0.05) is 17.8 Å². The molecule has 0 radical (unpaired) electrons. The van der Waals surface area contributed by atoms with Crippen LogP contribution >= 0.6 is 0 Å².